The minimum Gasteiger partial charge on any atom is -0.497 e. The molecule has 120 valence electrons. The van der Waals surface area contributed by atoms with Crippen LogP contribution in [0.1, 0.15) is 29.3 Å². The predicted octanol–water partition coefficient (Wildman–Crippen LogP) is 3.08. The van der Waals surface area contributed by atoms with E-state index in [2.05, 4.69) is 0 Å². The second-order valence-corrected chi connectivity index (χ2v) is 5.41. The quantitative estimate of drug-likeness (QED) is 0.502. The molecule has 0 bridgehead atoms. The topological polar surface area (TPSA) is 89.7 Å². The molecule has 0 aliphatic rings. The summed E-state index contributed by atoms with van der Waals surface area (Å²) in [5.74, 6) is 0.371. The molecule has 2 rings (SSSR count). The monoisotopic (exact) mass is 315 g/mol. The molecule has 0 aliphatic heterocycles. The van der Waals surface area contributed by atoms with Gasteiger partial charge in [-0.05, 0) is 36.8 Å². The van der Waals surface area contributed by atoms with E-state index in [0.717, 1.165) is 0 Å². The number of nitro groups is 1. The summed E-state index contributed by atoms with van der Waals surface area (Å²) in [7, 11) is 1.53. The molecule has 23 heavy (non-hydrogen) atoms. The summed E-state index contributed by atoms with van der Waals surface area (Å²) >= 11 is 0. The van der Waals surface area contributed by atoms with E-state index in [-0.39, 0.29) is 17.9 Å². The highest BCUT2D eigenvalue weighted by molar-refractivity contribution is 5.96. The van der Waals surface area contributed by atoms with Gasteiger partial charge in [0.2, 0.25) is 0 Å². The smallest absolute Gasteiger partial charge is 0.269 e. The molecule has 0 saturated carbocycles. The van der Waals surface area contributed by atoms with Crippen molar-refractivity contribution < 1.29 is 19.6 Å². The Morgan fingerprint density at radius 1 is 1.26 bits per heavy atom. The van der Waals surface area contributed by atoms with Gasteiger partial charge in [-0.25, -0.2) is 0 Å². The third kappa shape index (κ3) is 3.92. The molecule has 2 aromatic rings. The molecule has 6 nitrogen and oxygen atoms in total. The summed E-state index contributed by atoms with van der Waals surface area (Å²) < 4.78 is 5.03. The third-order valence-electron chi connectivity index (χ3n) is 3.60. The first-order valence-corrected chi connectivity index (χ1v) is 6.98. The molecule has 0 saturated heterocycles. The van der Waals surface area contributed by atoms with Gasteiger partial charge < -0.3 is 9.84 Å². The highest BCUT2D eigenvalue weighted by atomic mass is 16.6. The second-order valence-electron chi connectivity index (χ2n) is 5.41. The van der Waals surface area contributed by atoms with Gasteiger partial charge in [-0.2, -0.15) is 0 Å². The normalized spacial score (nSPS) is 13.2. The van der Waals surface area contributed by atoms with Crippen LogP contribution < -0.4 is 4.74 Å². The first-order valence-electron chi connectivity index (χ1n) is 6.98. The fraction of sp³-hybridized carbons (Fsp3) is 0.235. The number of benzene rings is 2. The van der Waals surface area contributed by atoms with Gasteiger partial charge in [0, 0.05) is 24.1 Å². The van der Waals surface area contributed by atoms with Crippen molar-refractivity contribution in [3.8, 4) is 5.75 Å². The predicted molar refractivity (Wildman–Crippen MR) is 84.6 cm³/mol. The maximum Gasteiger partial charge on any atom is 0.269 e. The fourth-order valence-corrected chi connectivity index (χ4v) is 2.25. The van der Waals surface area contributed by atoms with Crippen molar-refractivity contribution >= 4 is 11.5 Å². The van der Waals surface area contributed by atoms with Crippen molar-refractivity contribution in [1.82, 2.24) is 0 Å². The Balaban J connectivity index is 2.20. The Hall–Kier alpha value is -2.73. The van der Waals surface area contributed by atoms with E-state index in [1.54, 1.807) is 30.3 Å². The van der Waals surface area contributed by atoms with Gasteiger partial charge in [-0.15, -0.1) is 0 Å². The van der Waals surface area contributed by atoms with Gasteiger partial charge in [-0.3, -0.25) is 14.9 Å². The SMILES string of the molecule is COc1ccc(C(=O)CC(C)(O)c2cccc([N+](=O)[O-])c2)cc1. The van der Waals surface area contributed by atoms with Gasteiger partial charge in [0.25, 0.3) is 5.69 Å². The molecule has 0 amide bonds. The first kappa shape index (κ1) is 16.6. The molecule has 0 fully saturated rings. The van der Waals surface area contributed by atoms with Crippen molar-refractivity contribution in [2.45, 2.75) is 18.9 Å². The Morgan fingerprint density at radius 3 is 2.48 bits per heavy atom. The number of carbonyl (C=O) groups is 1. The van der Waals surface area contributed by atoms with Crippen molar-refractivity contribution in [2.75, 3.05) is 7.11 Å². The lowest BCUT2D eigenvalue weighted by atomic mass is 9.88. The number of methoxy groups -OCH3 is 1. The summed E-state index contributed by atoms with van der Waals surface area (Å²) in [5, 5.41) is 21.4. The van der Waals surface area contributed by atoms with Crippen molar-refractivity contribution in [3.63, 3.8) is 0 Å². The fourth-order valence-electron chi connectivity index (χ4n) is 2.25. The van der Waals surface area contributed by atoms with Crippen LogP contribution in [-0.4, -0.2) is 22.9 Å². The van der Waals surface area contributed by atoms with E-state index in [1.807, 2.05) is 0 Å². The zero-order valence-corrected chi connectivity index (χ0v) is 12.9. The minimum atomic E-state index is -1.50. The average Bonchev–Trinajstić information content (AvgIpc) is 2.54. The largest absolute Gasteiger partial charge is 0.497 e. The highest BCUT2D eigenvalue weighted by Crippen LogP contribution is 2.29. The molecule has 0 heterocycles. The molecule has 6 heteroatoms. The van der Waals surface area contributed by atoms with Gasteiger partial charge in [0.15, 0.2) is 5.78 Å². The van der Waals surface area contributed by atoms with Crippen LogP contribution in [0.15, 0.2) is 48.5 Å². The number of rotatable bonds is 6. The van der Waals surface area contributed by atoms with Gasteiger partial charge in [0.1, 0.15) is 5.75 Å². The van der Waals surface area contributed by atoms with E-state index in [9.17, 15) is 20.0 Å². The van der Waals surface area contributed by atoms with Gasteiger partial charge >= 0.3 is 0 Å². The molecular formula is C17H17NO5. The van der Waals surface area contributed by atoms with E-state index < -0.39 is 10.5 Å². The minimum absolute atomic E-state index is 0.125. The summed E-state index contributed by atoms with van der Waals surface area (Å²) in [5.41, 5.74) is -0.854. The maximum absolute atomic E-state index is 12.3. The number of nitrogens with zero attached hydrogens (tertiary/aromatic N) is 1. The number of carbonyl (C=O) groups excluding carboxylic acids is 1. The van der Waals surface area contributed by atoms with Crippen LogP contribution in [0.2, 0.25) is 0 Å². The molecule has 1 unspecified atom stereocenters. The lowest BCUT2D eigenvalue weighted by Crippen LogP contribution is -2.25. The molecule has 0 aliphatic carbocycles. The van der Waals surface area contributed by atoms with Crippen LogP contribution in [0, 0.1) is 10.1 Å². The van der Waals surface area contributed by atoms with E-state index >= 15 is 0 Å². The Kier molecular flexibility index (Phi) is 4.76. The first-order chi connectivity index (χ1) is 10.8. The van der Waals surface area contributed by atoms with E-state index in [1.165, 1.54) is 32.2 Å². The Bertz CT molecular complexity index is 722. The second kappa shape index (κ2) is 6.58. The summed E-state index contributed by atoms with van der Waals surface area (Å²) in [4.78, 5) is 22.6. The van der Waals surface area contributed by atoms with E-state index in [4.69, 9.17) is 4.74 Å². The zero-order chi connectivity index (χ0) is 17.0. The number of Topliss-reactive ketones (excluding diaryl/α,β-unsaturated/α-hetero) is 1. The average molecular weight is 315 g/mol. The molecule has 0 spiro atoms. The molecule has 1 atom stereocenters. The number of non-ortho nitro benzene ring substituents is 1. The molecule has 0 radical (unpaired) electrons. The van der Waals surface area contributed by atoms with Crippen LogP contribution in [-0.2, 0) is 5.60 Å². The van der Waals surface area contributed by atoms with Crippen LogP contribution in [0.3, 0.4) is 0 Å². The molecule has 1 N–H and O–H groups in total. The van der Waals surface area contributed by atoms with Crippen LogP contribution in [0.25, 0.3) is 0 Å². The lowest BCUT2D eigenvalue weighted by molar-refractivity contribution is -0.385. The van der Waals surface area contributed by atoms with Crippen molar-refractivity contribution in [2.24, 2.45) is 0 Å². The van der Waals surface area contributed by atoms with Crippen molar-refractivity contribution in [1.29, 1.82) is 0 Å². The van der Waals surface area contributed by atoms with Gasteiger partial charge in [-0.1, -0.05) is 12.1 Å². The third-order valence-corrected chi connectivity index (χ3v) is 3.60. The summed E-state index contributed by atoms with van der Waals surface area (Å²) in [6.07, 6.45) is -0.180. The standard InChI is InChI=1S/C17H17NO5/c1-17(20,13-4-3-5-14(10-13)18(21)22)11-16(19)12-6-8-15(23-2)9-7-12/h3-10,20H,11H2,1-2H3. The number of nitro benzene ring substituents is 1. The van der Waals surface area contributed by atoms with Crippen molar-refractivity contribution in [3.05, 3.63) is 69.8 Å². The van der Waals surface area contributed by atoms with E-state index in [0.29, 0.717) is 16.9 Å². The molecular weight excluding hydrogens is 298 g/mol. The van der Waals surface area contributed by atoms with Crippen LogP contribution >= 0.6 is 0 Å². The zero-order valence-electron chi connectivity index (χ0n) is 12.9. The van der Waals surface area contributed by atoms with Crippen LogP contribution in [0.4, 0.5) is 5.69 Å². The summed E-state index contributed by atoms with van der Waals surface area (Å²) in [6, 6.07) is 12.2. The molecule has 0 aromatic heterocycles. The highest BCUT2D eigenvalue weighted by Gasteiger charge is 2.28. The van der Waals surface area contributed by atoms with Crippen LogP contribution in [0.5, 0.6) is 5.75 Å². The lowest BCUT2D eigenvalue weighted by Gasteiger charge is -2.23. The Labute approximate surface area is 133 Å². The number of hydrogen-bond donors (Lipinski definition) is 1. The number of hydrogen-bond acceptors (Lipinski definition) is 5. The maximum atomic E-state index is 12.3. The Morgan fingerprint density at radius 2 is 1.91 bits per heavy atom. The summed E-state index contributed by atoms with van der Waals surface area (Å²) in [6.45, 7) is 1.47. The molecule has 2 aromatic carbocycles. The number of aliphatic hydroxyl groups is 1. The number of ketones is 1. The van der Waals surface area contributed by atoms with Gasteiger partial charge in [0.05, 0.1) is 17.6 Å². The number of ether oxygens (including phenoxy) is 1.